The third-order valence-corrected chi connectivity index (χ3v) is 3.26. The van der Waals surface area contributed by atoms with E-state index in [1.165, 1.54) is 10.9 Å². The summed E-state index contributed by atoms with van der Waals surface area (Å²) in [5, 5.41) is 5.88. The fourth-order valence-electron chi connectivity index (χ4n) is 2.33. The van der Waals surface area contributed by atoms with Gasteiger partial charge in [-0.1, -0.05) is 18.2 Å². The van der Waals surface area contributed by atoms with E-state index < -0.39 is 0 Å². The number of fused-ring (bicyclic) bond motifs is 1. The maximum Gasteiger partial charge on any atom is 0.0953 e. The van der Waals surface area contributed by atoms with Crippen LogP contribution in [0.15, 0.2) is 36.8 Å². The van der Waals surface area contributed by atoms with Gasteiger partial charge in [-0.15, -0.1) is 0 Å². The highest BCUT2D eigenvalue weighted by Gasteiger charge is 2.09. The number of nitrogens with zero attached hydrogens (tertiary/aromatic N) is 4. The summed E-state index contributed by atoms with van der Waals surface area (Å²) in [5.74, 6) is 0. The molecule has 3 aromatic rings. The highest BCUT2D eigenvalue weighted by Crippen LogP contribution is 2.19. The molecular formula is C14H17N5. The number of aryl methyl sites for hydroxylation is 1. The van der Waals surface area contributed by atoms with Gasteiger partial charge in [0, 0.05) is 24.7 Å². The number of nitrogens with two attached hydrogens (primary N) is 1. The van der Waals surface area contributed by atoms with Gasteiger partial charge in [0.15, 0.2) is 0 Å². The van der Waals surface area contributed by atoms with Crippen LogP contribution >= 0.6 is 0 Å². The molecule has 5 nitrogen and oxygen atoms in total. The van der Waals surface area contributed by atoms with Gasteiger partial charge >= 0.3 is 0 Å². The van der Waals surface area contributed by atoms with Crippen LogP contribution in [0.1, 0.15) is 18.3 Å². The standard InChI is InChI=1S/C14H17N5/c1-2-19-14-6-4-3-5-12(14)13(17-19)9-18-8-11(7-15)16-10-18/h3-6,8,10H,2,7,9,15H2,1H3. The SMILES string of the molecule is CCn1nc(Cn2cnc(CN)c2)c2ccccc21. The summed E-state index contributed by atoms with van der Waals surface area (Å²) >= 11 is 0. The minimum absolute atomic E-state index is 0.469. The first-order valence-electron chi connectivity index (χ1n) is 6.47. The van der Waals surface area contributed by atoms with Crippen LogP contribution in [-0.4, -0.2) is 19.3 Å². The molecule has 0 radical (unpaired) electrons. The molecule has 98 valence electrons. The predicted molar refractivity (Wildman–Crippen MR) is 74.6 cm³/mol. The molecule has 0 saturated carbocycles. The van der Waals surface area contributed by atoms with Crippen molar-refractivity contribution < 1.29 is 0 Å². The first-order valence-corrected chi connectivity index (χ1v) is 6.47. The van der Waals surface area contributed by atoms with Crippen molar-refractivity contribution >= 4 is 10.9 Å². The molecule has 0 atom stereocenters. The Morgan fingerprint density at radius 2 is 2.11 bits per heavy atom. The first-order chi connectivity index (χ1) is 9.31. The minimum Gasteiger partial charge on any atom is -0.331 e. The summed E-state index contributed by atoms with van der Waals surface area (Å²) < 4.78 is 4.06. The highest BCUT2D eigenvalue weighted by atomic mass is 15.3. The van der Waals surface area contributed by atoms with Crippen LogP contribution in [0.3, 0.4) is 0 Å². The number of benzene rings is 1. The molecule has 0 fully saturated rings. The molecule has 0 aliphatic carbocycles. The second-order valence-electron chi connectivity index (χ2n) is 4.52. The van der Waals surface area contributed by atoms with Gasteiger partial charge in [-0.2, -0.15) is 5.10 Å². The summed E-state index contributed by atoms with van der Waals surface area (Å²) in [6.45, 7) is 4.17. The van der Waals surface area contributed by atoms with E-state index in [1.54, 1.807) is 0 Å². The van der Waals surface area contributed by atoms with Gasteiger partial charge in [0.05, 0.1) is 29.8 Å². The van der Waals surface area contributed by atoms with E-state index in [0.29, 0.717) is 6.54 Å². The third kappa shape index (κ3) is 2.13. The van der Waals surface area contributed by atoms with Gasteiger partial charge in [-0.3, -0.25) is 4.68 Å². The van der Waals surface area contributed by atoms with E-state index in [1.807, 2.05) is 33.9 Å². The lowest BCUT2D eigenvalue weighted by Gasteiger charge is -1.98. The summed E-state index contributed by atoms with van der Waals surface area (Å²) in [5.41, 5.74) is 8.73. The number of para-hydroxylation sites is 1. The molecule has 1 aromatic carbocycles. The molecule has 0 saturated heterocycles. The Hall–Kier alpha value is -2.14. The molecular weight excluding hydrogens is 238 g/mol. The summed E-state index contributed by atoms with van der Waals surface area (Å²) in [6, 6.07) is 8.32. The van der Waals surface area contributed by atoms with Crippen molar-refractivity contribution in [2.45, 2.75) is 26.6 Å². The van der Waals surface area contributed by atoms with Crippen molar-refractivity contribution in [1.29, 1.82) is 0 Å². The molecule has 2 heterocycles. The number of hydrogen-bond donors (Lipinski definition) is 1. The fraction of sp³-hybridized carbons (Fsp3) is 0.286. The van der Waals surface area contributed by atoms with E-state index in [2.05, 4.69) is 29.1 Å². The average molecular weight is 255 g/mol. The third-order valence-electron chi connectivity index (χ3n) is 3.26. The zero-order chi connectivity index (χ0) is 13.2. The predicted octanol–water partition coefficient (Wildman–Crippen LogP) is 1.76. The van der Waals surface area contributed by atoms with E-state index in [4.69, 9.17) is 5.73 Å². The molecule has 0 aliphatic heterocycles. The van der Waals surface area contributed by atoms with Crippen LogP contribution in [0.2, 0.25) is 0 Å². The zero-order valence-corrected chi connectivity index (χ0v) is 11.0. The van der Waals surface area contributed by atoms with Gasteiger partial charge < -0.3 is 10.3 Å². The Labute approximate surface area is 111 Å². The van der Waals surface area contributed by atoms with Crippen molar-refractivity contribution in [3.05, 3.63) is 48.2 Å². The molecule has 0 spiro atoms. The monoisotopic (exact) mass is 255 g/mol. The topological polar surface area (TPSA) is 61.7 Å². The number of imidazole rings is 1. The molecule has 19 heavy (non-hydrogen) atoms. The smallest absolute Gasteiger partial charge is 0.0953 e. The second-order valence-corrected chi connectivity index (χ2v) is 4.52. The zero-order valence-electron chi connectivity index (χ0n) is 11.0. The Morgan fingerprint density at radius 1 is 1.26 bits per heavy atom. The molecule has 0 amide bonds. The molecule has 0 unspecified atom stereocenters. The fourth-order valence-corrected chi connectivity index (χ4v) is 2.33. The largest absolute Gasteiger partial charge is 0.331 e. The molecule has 0 aliphatic rings. The van der Waals surface area contributed by atoms with Crippen LogP contribution in [0.25, 0.3) is 10.9 Å². The van der Waals surface area contributed by atoms with Crippen molar-refractivity contribution in [3.63, 3.8) is 0 Å². The maximum atomic E-state index is 5.58. The van der Waals surface area contributed by atoms with Crippen molar-refractivity contribution in [2.24, 2.45) is 5.73 Å². The van der Waals surface area contributed by atoms with Gasteiger partial charge in [0.2, 0.25) is 0 Å². The van der Waals surface area contributed by atoms with Gasteiger partial charge in [0.25, 0.3) is 0 Å². The van der Waals surface area contributed by atoms with Crippen LogP contribution < -0.4 is 5.73 Å². The normalized spacial score (nSPS) is 11.3. The highest BCUT2D eigenvalue weighted by molar-refractivity contribution is 5.81. The van der Waals surface area contributed by atoms with Crippen LogP contribution in [0.5, 0.6) is 0 Å². The van der Waals surface area contributed by atoms with Crippen LogP contribution in [-0.2, 0) is 19.6 Å². The Kier molecular flexibility index (Phi) is 3.05. The van der Waals surface area contributed by atoms with Crippen molar-refractivity contribution in [1.82, 2.24) is 19.3 Å². The molecule has 3 rings (SSSR count). The number of aromatic nitrogens is 4. The van der Waals surface area contributed by atoms with Gasteiger partial charge in [-0.05, 0) is 13.0 Å². The second kappa shape index (κ2) is 4.85. The van der Waals surface area contributed by atoms with Gasteiger partial charge in [-0.25, -0.2) is 4.98 Å². The first kappa shape index (κ1) is 11.9. The summed E-state index contributed by atoms with van der Waals surface area (Å²) in [6.07, 6.45) is 3.78. The van der Waals surface area contributed by atoms with Crippen LogP contribution in [0.4, 0.5) is 0 Å². The van der Waals surface area contributed by atoms with E-state index in [9.17, 15) is 0 Å². The molecule has 0 bridgehead atoms. The average Bonchev–Trinajstić information content (AvgIpc) is 3.04. The van der Waals surface area contributed by atoms with E-state index in [0.717, 1.165) is 24.5 Å². The molecule has 5 heteroatoms. The number of rotatable bonds is 4. The summed E-state index contributed by atoms with van der Waals surface area (Å²) in [7, 11) is 0. The number of hydrogen-bond acceptors (Lipinski definition) is 3. The lowest BCUT2D eigenvalue weighted by Crippen LogP contribution is -2.01. The van der Waals surface area contributed by atoms with Crippen LogP contribution in [0, 0.1) is 0 Å². The van der Waals surface area contributed by atoms with E-state index >= 15 is 0 Å². The molecule has 2 aromatic heterocycles. The minimum atomic E-state index is 0.469. The summed E-state index contributed by atoms with van der Waals surface area (Å²) in [4.78, 5) is 4.24. The lowest BCUT2D eigenvalue weighted by atomic mass is 10.2. The van der Waals surface area contributed by atoms with E-state index in [-0.39, 0.29) is 0 Å². The quantitative estimate of drug-likeness (QED) is 0.772. The maximum absolute atomic E-state index is 5.58. The van der Waals surface area contributed by atoms with Gasteiger partial charge in [0.1, 0.15) is 0 Å². The van der Waals surface area contributed by atoms with Crippen molar-refractivity contribution in [2.75, 3.05) is 0 Å². The van der Waals surface area contributed by atoms with Crippen molar-refractivity contribution in [3.8, 4) is 0 Å². The Balaban J connectivity index is 2.00. The lowest BCUT2D eigenvalue weighted by molar-refractivity contribution is 0.653. The Morgan fingerprint density at radius 3 is 2.84 bits per heavy atom. The Bertz CT molecular complexity index is 695. The molecule has 2 N–H and O–H groups in total.